The number of benzene rings is 1. The lowest BCUT2D eigenvalue weighted by Gasteiger charge is -2.03. The van der Waals surface area contributed by atoms with Crippen LogP contribution >= 0.6 is 11.6 Å². The van der Waals surface area contributed by atoms with Crippen LogP contribution in [-0.2, 0) is 4.94 Å². The maximum atomic E-state index is 10.6. The van der Waals surface area contributed by atoms with E-state index in [0.29, 0.717) is 10.2 Å². The van der Waals surface area contributed by atoms with Crippen LogP contribution in [-0.4, -0.2) is 4.92 Å². The molecule has 0 saturated carbocycles. The first-order chi connectivity index (χ1) is 6.70. The van der Waals surface area contributed by atoms with Gasteiger partial charge < -0.3 is 0 Å². The minimum atomic E-state index is -0.506. The van der Waals surface area contributed by atoms with Crippen molar-refractivity contribution in [2.45, 2.75) is 0 Å². The van der Waals surface area contributed by atoms with Gasteiger partial charge in [-0.25, -0.2) is 5.48 Å². The van der Waals surface area contributed by atoms with E-state index in [4.69, 9.17) is 11.6 Å². The normalized spacial score (nSPS) is 12.6. The lowest BCUT2D eigenvalue weighted by Crippen LogP contribution is -2.35. The Balaban J connectivity index is 2.87. The predicted octanol–water partition coefficient (Wildman–Crippen LogP) is 0.0556. The number of halogens is 1. The molecule has 7 heteroatoms. The molecule has 2 rings (SSSR count). The Bertz CT molecular complexity index is 514. The number of nitrogens with zero attached hydrogens (tertiary/aromatic N) is 2. The van der Waals surface area contributed by atoms with Crippen molar-refractivity contribution in [3.63, 3.8) is 0 Å². The summed E-state index contributed by atoms with van der Waals surface area (Å²) in [6, 6.07) is 2.73. The fraction of sp³-hybridized carbons (Fsp3) is 0. The SMILES string of the molecule is O=[N+]([O-])c1ccc(Cl)c2c1=CNON=2. The van der Waals surface area contributed by atoms with Crippen molar-refractivity contribution in [3.8, 4) is 0 Å². The van der Waals surface area contributed by atoms with Crippen LogP contribution in [0.2, 0.25) is 5.02 Å². The van der Waals surface area contributed by atoms with Gasteiger partial charge in [0.25, 0.3) is 5.69 Å². The summed E-state index contributed by atoms with van der Waals surface area (Å²) >= 11 is 5.77. The second-order valence-corrected chi connectivity index (χ2v) is 2.94. The highest BCUT2D eigenvalue weighted by molar-refractivity contribution is 6.30. The van der Waals surface area contributed by atoms with Crippen molar-refractivity contribution in [3.05, 3.63) is 37.8 Å². The van der Waals surface area contributed by atoms with Crippen molar-refractivity contribution in [2.24, 2.45) is 5.16 Å². The fourth-order valence-electron chi connectivity index (χ4n) is 1.12. The van der Waals surface area contributed by atoms with Crippen molar-refractivity contribution >= 4 is 23.5 Å². The maximum Gasteiger partial charge on any atom is 0.280 e. The minimum absolute atomic E-state index is 0.0658. The Morgan fingerprint density at radius 1 is 1.57 bits per heavy atom. The molecule has 1 aromatic carbocycles. The van der Waals surface area contributed by atoms with Gasteiger partial charge in [0.15, 0.2) is 0 Å². The molecule has 14 heavy (non-hydrogen) atoms. The van der Waals surface area contributed by atoms with E-state index in [2.05, 4.69) is 15.6 Å². The Morgan fingerprint density at radius 3 is 3.07 bits per heavy atom. The van der Waals surface area contributed by atoms with Gasteiger partial charge >= 0.3 is 0 Å². The van der Waals surface area contributed by atoms with Gasteiger partial charge in [-0.1, -0.05) is 16.8 Å². The highest BCUT2D eigenvalue weighted by Gasteiger charge is 2.13. The summed E-state index contributed by atoms with van der Waals surface area (Å²) < 4.78 is 0. The van der Waals surface area contributed by atoms with E-state index in [9.17, 15) is 10.1 Å². The molecule has 1 N–H and O–H groups in total. The molecular formula is C7H4ClN3O3. The Labute approximate surface area is 82.5 Å². The standard InChI is InChI=1S/C7H4ClN3O3/c8-5-1-2-6(11(12)13)4-3-9-14-10-7(4)5/h1-3,9H. The summed E-state index contributed by atoms with van der Waals surface area (Å²) in [6.07, 6.45) is 1.34. The van der Waals surface area contributed by atoms with E-state index in [0.717, 1.165) is 0 Å². The number of nitrogens with one attached hydrogen (secondary N) is 1. The summed E-state index contributed by atoms with van der Waals surface area (Å²) in [6.45, 7) is 0. The molecule has 0 bridgehead atoms. The number of hydrogen-bond acceptors (Lipinski definition) is 5. The summed E-state index contributed by atoms with van der Waals surface area (Å²) in [4.78, 5) is 14.6. The van der Waals surface area contributed by atoms with E-state index in [1.165, 1.54) is 18.3 Å². The smallest absolute Gasteiger partial charge is 0.270 e. The maximum absolute atomic E-state index is 10.6. The average molecular weight is 214 g/mol. The number of fused-ring (bicyclic) bond motifs is 1. The molecule has 1 aliphatic heterocycles. The molecule has 0 unspecified atom stereocenters. The Hall–Kier alpha value is -1.82. The summed E-state index contributed by atoms with van der Waals surface area (Å²) in [5.41, 5.74) is 2.24. The van der Waals surface area contributed by atoms with Crippen LogP contribution in [0.4, 0.5) is 5.69 Å². The van der Waals surface area contributed by atoms with Crippen LogP contribution in [0.15, 0.2) is 17.3 Å². The molecule has 0 aliphatic carbocycles. The second kappa shape index (κ2) is 3.15. The van der Waals surface area contributed by atoms with Crippen LogP contribution in [0.25, 0.3) is 6.20 Å². The zero-order valence-electron chi connectivity index (χ0n) is 6.73. The van der Waals surface area contributed by atoms with Crippen molar-refractivity contribution in [1.29, 1.82) is 0 Å². The van der Waals surface area contributed by atoms with E-state index in [-0.39, 0.29) is 11.0 Å². The summed E-state index contributed by atoms with van der Waals surface area (Å²) in [5, 5.41) is 15.1. The van der Waals surface area contributed by atoms with Gasteiger partial charge in [0.2, 0.25) is 0 Å². The van der Waals surface area contributed by atoms with Crippen LogP contribution < -0.4 is 16.1 Å². The third kappa shape index (κ3) is 1.25. The van der Waals surface area contributed by atoms with Crippen LogP contribution in [0, 0.1) is 10.1 Å². The lowest BCUT2D eigenvalue weighted by molar-refractivity contribution is -0.386. The molecule has 0 fully saturated rings. The third-order valence-electron chi connectivity index (χ3n) is 1.73. The van der Waals surface area contributed by atoms with Gasteiger partial charge in [-0.3, -0.25) is 15.1 Å². The van der Waals surface area contributed by atoms with Gasteiger partial charge in [-0.2, -0.15) is 0 Å². The molecule has 1 aliphatic rings. The molecule has 72 valence electrons. The highest BCUT2D eigenvalue weighted by atomic mass is 35.5. The average Bonchev–Trinajstić information content (AvgIpc) is 2.18. The number of rotatable bonds is 1. The molecule has 0 aromatic heterocycles. The minimum Gasteiger partial charge on any atom is -0.270 e. The zero-order valence-corrected chi connectivity index (χ0v) is 7.49. The van der Waals surface area contributed by atoms with Gasteiger partial charge in [0.05, 0.1) is 16.1 Å². The number of nitro groups is 1. The van der Waals surface area contributed by atoms with Gasteiger partial charge in [-0.15, -0.1) is 0 Å². The zero-order chi connectivity index (χ0) is 10.1. The molecule has 0 amide bonds. The molecule has 0 saturated heterocycles. The first kappa shape index (κ1) is 8.76. The molecule has 0 radical (unpaired) electrons. The fourth-order valence-corrected chi connectivity index (χ4v) is 1.32. The third-order valence-corrected chi connectivity index (χ3v) is 2.04. The number of hydrogen-bond donors (Lipinski definition) is 1. The summed E-state index contributed by atoms with van der Waals surface area (Å²) in [7, 11) is 0. The summed E-state index contributed by atoms with van der Waals surface area (Å²) in [5.74, 6) is 0. The van der Waals surface area contributed by atoms with Crippen molar-refractivity contribution in [1.82, 2.24) is 5.48 Å². The van der Waals surface area contributed by atoms with Crippen molar-refractivity contribution < 1.29 is 9.86 Å². The van der Waals surface area contributed by atoms with Gasteiger partial charge in [0, 0.05) is 6.07 Å². The molecular weight excluding hydrogens is 210 g/mol. The molecule has 0 spiro atoms. The van der Waals surface area contributed by atoms with Crippen molar-refractivity contribution in [2.75, 3.05) is 0 Å². The highest BCUT2D eigenvalue weighted by Crippen LogP contribution is 2.06. The lowest BCUT2D eigenvalue weighted by atomic mass is 10.2. The molecule has 1 aromatic rings. The molecule has 1 heterocycles. The largest absolute Gasteiger partial charge is 0.280 e. The van der Waals surface area contributed by atoms with Crippen LogP contribution in [0.5, 0.6) is 0 Å². The topological polar surface area (TPSA) is 76.8 Å². The van der Waals surface area contributed by atoms with Gasteiger partial charge in [0.1, 0.15) is 10.6 Å². The monoisotopic (exact) mass is 213 g/mol. The number of hydroxylamine groups is 1. The Kier molecular flexibility index (Phi) is 1.97. The Morgan fingerprint density at radius 2 is 2.36 bits per heavy atom. The first-order valence-electron chi connectivity index (χ1n) is 3.63. The van der Waals surface area contributed by atoms with E-state index in [1.807, 2.05) is 0 Å². The quantitative estimate of drug-likeness (QED) is 0.529. The number of non-ortho nitro benzene ring substituents is 1. The van der Waals surface area contributed by atoms with Gasteiger partial charge in [-0.05, 0) is 6.07 Å². The first-order valence-corrected chi connectivity index (χ1v) is 4.00. The van der Waals surface area contributed by atoms with E-state index >= 15 is 0 Å². The van der Waals surface area contributed by atoms with Crippen LogP contribution in [0.3, 0.4) is 0 Å². The van der Waals surface area contributed by atoms with Crippen LogP contribution in [0.1, 0.15) is 0 Å². The van der Waals surface area contributed by atoms with E-state index in [1.54, 1.807) is 0 Å². The predicted molar refractivity (Wildman–Crippen MR) is 47.6 cm³/mol. The second-order valence-electron chi connectivity index (χ2n) is 2.53. The number of nitro benzene ring substituents is 1. The van der Waals surface area contributed by atoms with E-state index < -0.39 is 4.92 Å². The molecule has 6 nitrogen and oxygen atoms in total. The molecule has 0 atom stereocenters.